The van der Waals surface area contributed by atoms with Gasteiger partial charge in [-0.2, -0.15) is 0 Å². The minimum Gasteiger partial charge on any atom is -0.481 e. The van der Waals surface area contributed by atoms with Gasteiger partial charge in [-0.25, -0.2) is 0 Å². The van der Waals surface area contributed by atoms with Crippen LogP contribution in [0.1, 0.15) is 49.4 Å². The van der Waals surface area contributed by atoms with E-state index in [1.54, 1.807) is 0 Å². The minimum absolute atomic E-state index is 0.221. The van der Waals surface area contributed by atoms with E-state index in [2.05, 4.69) is 39.0 Å². The van der Waals surface area contributed by atoms with Crippen LogP contribution in [0.4, 0.5) is 5.69 Å². The van der Waals surface area contributed by atoms with E-state index in [0.29, 0.717) is 6.54 Å². The first-order chi connectivity index (χ1) is 13.8. The lowest BCUT2D eigenvalue weighted by molar-refractivity contribution is -0.148. The van der Waals surface area contributed by atoms with Crippen LogP contribution in [0.5, 0.6) is 0 Å². The Morgan fingerprint density at radius 1 is 1.28 bits per heavy atom. The SMILES string of the molecule is CC(C)(CN1CCC[C@H]1c1cc(Cl)cc2c1CN(c1ccncc1)CC2)C(=O)O. The van der Waals surface area contributed by atoms with Crippen LogP contribution in [-0.4, -0.2) is 40.6 Å². The van der Waals surface area contributed by atoms with Crippen molar-refractivity contribution >= 4 is 23.3 Å². The van der Waals surface area contributed by atoms with E-state index in [9.17, 15) is 9.90 Å². The van der Waals surface area contributed by atoms with Gasteiger partial charge >= 0.3 is 5.97 Å². The number of nitrogens with zero attached hydrogens (tertiary/aromatic N) is 3. The molecular weight excluding hydrogens is 386 g/mol. The summed E-state index contributed by atoms with van der Waals surface area (Å²) in [4.78, 5) is 20.5. The number of carbonyl (C=O) groups is 1. The molecule has 0 spiro atoms. The molecule has 1 fully saturated rings. The molecule has 0 amide bonds. The smallest absolute Gasteiger partial charge is 0.310 e. The van der Waals surface area contributed by atoms with Gasteiger partial charge in [0, 0.05) is 48.8 Å². The Morgan fingerprint density at radius 3 is 2.76 bits per heavy atom. The van der Waals surface area contributed by atoms with Gasteiger partial charge in [-0.05, 0) is 80.6 Å². The van der Waals surface area contributed by atoms with Crippen molar-refractivity contribution in [2.45, 2.75) is 45.7 Å². The van der Waals surface area contributed by atoms with Gasteiger partial charge in [0.25, 0.3) is 0 Å². The van der Waals surface area contributed by atoms with Gasteiger partial charge in [0.15, 0.2) is 0 Å². The molecule has 0 saturated carbocycles. The Kier molecular flexibility index (Phi) is 5.54. The van der Waals surface area contributed by atoms with E-state index in [1.165, 1.54) is 22.4 Å². The number of hydrogen-bond acceptors (Lipinski definition) is 4. The summed E-state index contributed by atoms with van der Waals surface area (Å²) in [5.41, 5.74) is 4.35. The van der Waals surface area contributed by atoms with Crippen LogP contribution in [0.15, 0.2) is 36.7 Å². The summed E-state index contributed by atoms with van der Waals surface area (Å²) in [6, 6.07) is 8.53. The number of fused-ring (bicyclic) bond motifs is 1. The monoisotopic (exact) mass is 413 g/mol. The molecule has 0 aliphatic carbocycles. The van der Waals surface area contributed by atoms with Crippen LogP contribution in [0, 0.1) is 5.41 Å². The summed E-state index contributed by atoms with van der Waals surface area (Å²) in [5.74, 6) is -0.750. The highest BCUT2D eigenvalue weighted by Crippen LogP contribution is 2.40. The van der Waals surface area contributed by atoms with Crippen molar-refractivity contribution in [1.82, 2.24) is 9.88 Å². The van der Waals surface area contributed by atoms with E-state index >= 15 is 0 Å². The topological polar surface area (TPSA) is 56.7 Å². The number of hydrogen-bond donors (Lipinski definition) is 1. The van der Waals surface area contributed by atoms with Crippen molar-refractivity contribution in [2.24, 2.45) is 5.41 Å². The van der Waals surface area contributed by atoms with Crippen molar-refractivity contribution in [3.05, 3.63) is 58.4 Å². The average molecular weight is 414 g/mol. The number of carboxylic acid groups (broad SMARTS) is 1. The number of anilines is 1. The van der Waals surface area contributed by atoms with Gasteiger partial charge in [0.05, 0.1) is 5.41 Å². The molecule has 3 heterocycles. The number of aromatic nitrogens is 1. The van der Waals surface area contributed by atoms with Crippen molar-refractivity contribution in [1.29, 1.82) is 0 Å². The molecule has 1 atom stereocenters. The fourth-order valence-electron chi connectivity index (χ4n) is 4.67. The number of pyridine rings is 1. The summed E-state index contributed by atoms with van der Waals surface area (Å²) in [5, 5.41) is 10.4. The Hall–Kier alpha value is -2.11. The fourth-order valence-corrected chi connectivity index (χ4v) is 4.92. The molecule has 2 aliphatic rings. The van der Waals surface area contributed by atoms with E-state index in [-0.39, 0.29) is 6.04 Å². The highest BCUT2D eigenvalue weighted by molar-refractivity contribution is 6.30. The van der Waals surface area contributed by atoms with Crippen molar-refractivity contribution in [3.63, 3.8) is 0 Å². The van der Waals surface area contributed by atoms with Crippen LogP contribution < -0.4 is 4.90 Å². The third-order valence-corrected chi connectivity index (χ3v) is 6.49. The molecule has 0 bridgehead atoms. The number of carboxylic acids is 1. The summed E-state index contributed by atoms with van der Waals surface area (Å²) < 4.78 is 0. The number of rotatable bonds is 5. The van der Waals surface area contributed by atoms with Gasteiger partial charge < -0.3 is 10.0 Å². The van der Waals surface area contributed by atoms with Crippen molar-refractivity contribution in [3.8, 4) is 0 Å². The van der Waals surface area contributed by atoms with Crippen molar-refractivity contribution < 1.29 is 9.90 Å². The molecule has 2 aliphatic heterocycles. The highest BCUT2D eigenvalue weighted by atomic mass is 35.5. The van der Waals surface area contributed by atoms with Crippen LogP contribution >= 0.6 is 11.6 Å². The summed E-state index contributed by atoms with van der Waals surface area (Å²) in [6.45, 7) is 6.89. The molecule has 0 radical (unpaired) electrons. The zero-order valence-corrected chi connectivity index (χ0v) is 17.8. The van der Waals surface area contributed by atoms with Gasteiger partial charge in [-0.3, -0.25) is 14.7 Å². The summed E-state index contributed by atoms with van der Waals surface area (Å²) in [6.07, 6.45) is 6.74. The average Bonchev–Trinajstić information content (AvgIpc) is 3.14. The predicted molar refractivity (Wildman–Crippen MR) is 115 cm³/mol. The van der Waals surface area contributed by atoms with Crippen LogP contribution in [-0.2, 0) is 17.8 Å². The van der Waals surface area contributed by atoms with Gasteiger partial charge in [0.2, 0.25) is 0 Å². The second-order valence-corrected chi connectivity index (χ2v) is 9.26. The minimum atomic E-state index is -0.774. The van der Waals surface area contributed by atoms with E-state index in [0.717, 1.165) is 43.9 Å². The molecule has 1 aromatic heterocycles. The predicted octanol–water partition coefficient (Wildman–Crippen LogP) is 4.55. The molecule has 1 N–H and O–H groups in total. The maximum atomic E-state index is 11.7. The molecule has 1 aromatic carbocycles. The number of benzene rings is 1. The molecule has 0 unspecified atom stereocenters. The highest BCUT2D eigenvalue weighted by Gasteiger charge is 2.36. The molecule has 6 heteroatoms. The molecule has 1 saturated heterocycles. The second kappa shape index (κ2) is 7.96. The van der Waals surface area contributed by atoms with Crippen LogP contribution in [0.25, 0.3) is 0 Å². The van der Waals surface area contributed by atoms with Gasteiger partial charge in [-0.15, -0.1) is 0 Å². The Morgan fingerprint density at radius 2 is 2.03 bits per heavy atom. The van der Waals surface area contributed by atoms with Crippen LogP contribution in [0.2, 0.25) is 5.02 Å². The first kappa shape index (κ1) is 20.2. The third-order valence-electron chi connectivity index (χ3n) is 6.27. The number of aliphatic carboxylic acids is 1. The second-order valence-electron chi connectivity index (χ2n) is 8.83. The Bertz CT molecular complexity index is 900. The third kappa shape index (κ3) is 4.12. The van der Waals surface area contributed by atoms with E-state index in [4.69, 9.17) is 11.6 Å². The quantitative estimate of drug-likeness (QED) is 0.779. The lowest BCUT2D eigenvalue weighted by Gasteiger charge is -2.36. The zero-order chi connectivity index (χ0) is 20.6. The maximum Gasteiger partial charge on any atom is 0.310 e. The van der Waals surface area contributed by atoms with Gasteiger partial charge in [0.1, 0.15) is 0 Å². The normalized spacial score (nSPS) is 20.0. The molecule has 29 heavy (non-hydrogen) atoms. The van der Waals surface area contributed by atoms with Crippen molar-refractivity contribution in [2.75, 3.05) is 24.5 Å². The summed E-state index contributed by atoms with van der Waals surface area (Å²) in [7, 11) is 0. The molecule has 5 nitrogen and oxygen atoms in total. The van der Waals surface area contributed by atoms with E-state index in [1.807, 2.05) is 26.2 Å². The lowest BCUT2D eigenvalue weighted by atomic mass is 9.88. The zero-order valence-electron chi connectivity index (χ0n) is 17.1. The Labute approximate surface area is 177 Å². The first-order valence-electron chi connectivity index (χ1n) is 10.3. The molecule has 154 valence electrons. The lowest BCUT2D eigenvalue weighted by Crippen LogP contribution is -2.39. The fraction of sp³-hybridized carbons (Fsp3) is 0.478. The Balaban J connectivity index is 1.66. The number of likely N-dealkylation sites (tertiary alicyclic amines) is 1. The van der Waals surface area contributed by atoms with Gasteiger partial charge in [-0.1, -0.05) is 11.6 Å². The largest absolute Gasteiger partial charge is 0.481 e. The number of halogens is 1. The molecular formula is C23H28ClN3O2. The van der Waals surface area contributed by atoms with E-state index < -0.39 is 11.4 Å². The standard InChI is InChI=1S/C23H28ClN3O2/c1-23(2,22(28)29)15-27-10-3-4-21(27)19-13-17(24)12-16-7-11-26(14-20(16)19)18-5-8-25-9-6-18/h5-6,8-9,12-13,21H,3-4,7,10-11,14-15H2,1-2H3,(H,28,29)/t21-/m0/s1. The maximum absolute atomic E-state index is 11.7. The van der Waals surface area contributed by atoms with Crippen LogP contribution in [0.3, 0.4) is 0 Å². The molecule has 4 rings (SSSR count). The first-order valence-corrected chi connectivity index (χ1v) is 10.7. The molecule has 2 aromatic rings. The summed E-state index contributed by atoms with van der Waals surface area (Å²) >= 11 is 6.51.